The van der Waals surface area contributed by atoms with Gasteiger partial charge in [0.15, 0.2) is 5.69 Å². The second-order valence-electron chi connectivity index (χ2n) is 7.12. The molecule has 166 valence electrons. The molecule has 0 spiro atoms. The SMILES string of the molecule is CCCOc1ccc(C2Oc3nc(SC)nnc3-c3cc(Cl)ccc3N2C(=O)CC)cc1. The molecule has 0 saturated heterocycles. The van der Waals surface area contributed by atoms with E-state index in [4.69, 9.17) is 21.1 Å². The third-order valence-corrected chi connectivity index (χ3v) is 5.73. The van der Waals surface area contributed by atoms with Gasteiger partial charge in [-0.1, -0.05) is 37.2 Å². The highest BCUT2D eigenvalue weighted by molar-refractivity contribution is 7.98. The molecule has 1 aromatic heterocycles. The molecule has 2 heterocycles. The number of aromatic nitrogens is 3. The number of halogens is 1. The first-order valence-electron chi connectivity index (χ1n) is 10.4. The summed E-state index contributed by atoms with van der Waals surface area (Å²) in [5.41, 5.74) is 2.52. The fourth-order valence-electron chi connectivity index (χ4n) is 3.43. The molecular weight excluding hydrogens is 448 g/mol. The van der Waals surface area contributed by atoms with Gasteiger partial charge in [0.2, 0.25) is 23.2 Å². The van der Waals surface area contributed by atoms with Crippen LogP contribution in [-0.2, 0) is 4.79 Å². The molecule has 0 saturated carbocycles. The zero-order chi connectivity index (χ0) is 22.7. The van der Waals surface area contributed by atoms with Gasteiger partial charge < -0.3 is 9.47 Å². The summed E-state index contributed by atoms with van der Waals surface area (Å²) in [6.45, 7) is 4.52. The van der Waals surface area contributed by atoms with Crippen molar-refractivity contribution in [2.45, 2.75) is 38.1 Å². The lowest BCUT2D eigenvalue weighted by molar-refractivity contribution is -0.120. The van der Waals surface area contributed by atoms with Gasteiger partial charge in [-0.3, -0.25) is 9.69 Å². The minimum atomic E-state index is -0.741. The molecule has 9 heteroatoms. The largest absolute Gasteiger partial charge is 0.494 e. The molecule has 0 radical (unpaired) electrons. The van der Waals surface area contributed by atoms with Gasteiger partial charge in [-0.25, -0.2) is 0 Å². The highest BCUT2D eigenvalue weighted by atomic mass is 35.5. The number of rotatable bonds is 6. The van der Waals surface area contributed by atoms with Crippen molar-refractivity contribution in [3.8, 4) is 22.9 Å². The molecule has 0 aliphatic carbocycles. The molecule has 2 aromatic carbocycles. The maximum absolute atomic E-state index is 13.2. The average Bonchev–Trinajstić information content (AvgIpc) is 2.96. The Morgan fingerprint density at radius 1 is 1.19 bits per heavy atom. The normalized spacial score (nSPS) is 14.8. The summed E-state index contributed by atoms with van der Waals surface area (Å²) >= 11 is 7.66. The minimum Gasteiger partial charge on any atom is -0.494 e. The van der Waals surface area contributed by atoms with Crippen molar-refractivity contribution in [1.82, 2.24) is 15.2 Å². The molecule has 0 fully saturated rings. The molecule has 3 aromatic rings. The molecule has 1 aliphatic heterocycles. The molecule has 1 aliphatic rings. The van der Waals surface area contributed by atoms with E-state index in [1.165, 1.54) is 11.8 Å². The van der Waals surface area contributed by atoms with Crippen LogP contribution < -0.4 is 14.4 Å². The van der Waals surface area contributed by atoms with Crippen molar-refractivity contribution in [3.05, 3.63) is 53.1 Å². The Bertz CT molecular complexity index is 1130. The van der Waals surface area contributed by atoms with Gasteiger partial charge in [-0.2, -0.15) is 4.98 Å². The molecule has 7 nitrogen and oxygen atoms in total. The number of amides is 1. The second kappa shape index (κ2) is 9.75. The first kappa shape index (κ1) is 22.4. The maximum Gasteiger partial charge on any atom is 0.247 e. The van der Waals surface area contributed by atoms with E-state index in [1.54, 1.807) is 23.1 Å². The van der Waals surface area contributed by atoms with Crippen molar-refractivity contribution in [2.75, 3.05) is 17.8 Å². The average molecular weight is 471 g/mol. The van der Waals surface area contributed by atoms with E-state index in [-0.39, 0.29) is 5.91 Å². The van der Waals surface area contributed by atoms with Gasteiger partial charge in [0, 0.05) is 22.6 Å². The third kappa shape index (κ3) is 4.38. The first-order chi connectivity index (χ1) is 15.5. The highest BCUT2D eigenvalue weighted by Gasteiger charge is 2.35. The molecular formula is C23H23ClN4O3S. The Morgan fingerprint density at radius 3 is 2.66 bits per heavy atom. The number of ether oxygens (including phenoxy) is 2. The molecule has 0 N–H and O–H groups in total. The predicted molar refractivity (Wildman–Crippen MR) is 125 cm³/mol. The van der Waals surface area contributed by atoms with Crippen LogP contribution in [0.1, 0.15) is 38.5 Å². The molecule has 1 atom stereocenters. The Kier molecular flexibility index (Phi) is 6.81. The summed E-state index contributed by atoms with van der Waals surface area (Å²) in [5, 5.41) is 9.52. The van der Waals surface area contributed by atoms with Crippen LogP contribution in [0.25, 0.3) is 11.3 Å². The Hall–Kier alpha value is -2.84. The summed E-state index contributed by atoms with van der Waals surface area (Å²) < 4.78 is 12.1. The number of anilines is 1. The zero-order valence-corrected chi connectivity index (χ0v) is 19.6. The minimum absolute atomic E-state index is 0.101. The fraction of sp³-hybridized carbons (Fsp3) is 0.304. The van der Waals surface area contributed by atoms with E-state index < -0.39 is 6.23 Å². The Labute approximate surface area is 196 Å². The van der Waals surface area contributed by atoms with Gasteiger partial charge in [0.25, 0.3) is 0 Å². The van der Waals surface area contributed by atoms with E-state index in [1.807, 2.05) is 37.4 Å². The number of hydrogen-bond donors (Lipinski definition) is 0. The van der Waals surface area contributed by atoms with Gasteiger partial charge in [-0.05, 0) is 55.1 Å². The lowest BCUT2D eigenvalue weighted by Crippen LogP contribution is -2.37. The van der Waals surface area contributed by atoms with Gasteiger partial charge >= 0.3 is 0 Å². The number of thioether (sulfide) groups is 1. The van der Waals surface area contributed by atoms with Gasteiger partial charge in [0.05, 0.1) is 12.3 Å². The van der Waals surface area contributed by atoms with Crippen LogP contribution in [-0.4, -0.2) is 34.0 Å². The number of carbonyl (C=O) groups excluding carboxylic acids is 1. The molecule has 4 rings (SSSR count). The summed E-state index contributed by atoms with van der Waals surface area (Å²) in [6.07, 6.45) is 2.35. The zero-order valence-electron chi connectivity index (χ0n) is 18.0. The van der Waals surface area contributed by atoms with E-state index >= 15 is 0 Å². The van der Waals surface area contributed by atoms with Crippen LogP contribution in [0.15, 0.2) is 47.6 Å². The standard InChI is InChI=1S/C23H23ClN4O3S/c1-4-12-30-16-9-6-14(7-10-16)22-28(19(29)5-2)18-11-8-15(24)13-17(18)20-21(31-22)25-23(32-3)27-26-20/h6-11,13,22H,4-5,12H2,1-3H3. The third-order valence-electron chi connectivity index (χ3n) is 4.96. The number of carbonyl (C=O) groups is 1. The van der Waals surface area contributed by atoms with Crippen molar-refractivity contribution >= 4 is 35.0 Å². The number of nitrogens with zero attached hydrogens (tertiary/aromatic N) is 4. The number of fused-ring (bicyclic) bond motifs is 3. The van der Waals surface area contributed by atoms with Crippen molar-refractivity contribution < 1.29 is 14.3 Å². The van der Waals surface area contributed by atoms with E-state index in [9.17, 15) is 4.79 Å². The topological polar surface area (TPSA) is 77.4 Å². The Morgan fingerprint density at radius 2 is 1.97 bits per heavy atom. The summed E-state index contributed by atoms with van der Waals surface area (Å²) in [7, 11) is 0. The molecule has 1 amide bonds. The molecule has 0 bridgehead atoms. The fourth-order valence-corrected chi connectivity index (χ4v) is 3.90. The van der Waals surface area contributed by atoms with Crippen LogP contribution in [0, 0.1) is 0 Å². The molecule has 1 unspecified atom stereocenters. The highest BCUT2D eigenvalue weighted by Crippen LogP contribution is 2.44. The van der Waals surface area contributed by atoms with Crippen LogP contribution >= 0.6 is 23.4 Å². The van der Waals surface area contributed by atoms with Crippen LogP contribution in [0.2, 0.25) is 5.02 Å². The lowest BCUT2D eigenvalue weighted by atomic mass is 10.1. The van der Waals surface area contributed by atoms with Crippen LogP contribution in [0.5, 0.6) is 11.6 Å². The summed E-state index contributed by atoms with van der Waals surface area (Å²) in [5.74, 6) is 0.963. The first-order valence-corrected chi connectivity index (χ1v) is 12.0. The smallest absolute Gasteiger partial charge is 0.247 e. The van der Waals surface area contributed by atoms with Gasteiger partial charge in [-0.15, -0.1) is 10.2 Å². The monoisotopic (exact) mass is 470 g/mol. The number of benzene rings is 2. The van der Waals surface area contributed by atoms with E-state index in [2.05, 4.69) is 22.1 Å². The van der Waals surface area contributed by atoms with Crippen LogP contribution in [0.3, 0.4) is 0 Å². The summed E-state index contributed by atoms with van der Waals surface area (Å²) in [4.78, 5) is 19.3. The lowest BCUT2D eigenvalue weighted by Gasteiger charge is -2.30. The number of hydrogen-bond acceptors (Lipinski definition) is 7. The Balaban J connectivity index is 1.88. The summed E-state index contributed by atoms with van der Waals surface area (Å²) in [6, 6.07) is 12.9. The van der Waals surface area contributed by atoms with Gasteiger partial charge in [0.1, 0.15) is 5.75 Å². The predicted octanol–water partition coefficient (Wildman–Crippen LogP) is 5.54. The van der Waals surface area contributed by atoms with Crippen LogP contribution in [0.4, 0.5) is 5.69 Å². The van der Waals surface area contributed by atoms with Crippen molar-refractivity contribution in [1.29, 1.82) is 0 Å². The van der Waals surface area contributed by atoms with Crippen molar-refractivity contribution in [2.24, 2.45) is 0 Å². The second-order valence-corrected chi connectivity index (χ2v) is 8.33. The molecule has 32 heavy (non-hydrogen) atoms. The van der Waals surface area contributed by atoms with Crippen molar-refractivity contribution in [3.63, 3.8) is 0 Å². The van der Waals surface area contributed by atoms with E-state index in [0.29, 0.717) is 46.0 Å². The quantitative estimate of drug-likeness (QED) is 0.438. The van der Waals surface area contributed by atoms with E-state index in [0.717, 1.165) is 17.7 Å². The maximum atomic E-state index is 13.2.